The molecule has 0 aromatic heterocycles. The van der Waals surface area contributed by atoms with E-state index in [9.17, 15) is 9.59 Å². The number of methoxy groups -OCH3 is 1. The third-order valence-electron chi connectivity index (χ3n) is 5.47. The van der Waals surface area contributed by atoms with Crippen molar-refractivity contribution < 1.29 is 19.1 Å². The lowest BCUT2D eigenvalue weighted by Crippen LogP contribution is -2.50. The summed E-state index contributed by atoms with van der Waals surface area (Å²) in [5.41, 5.74) is 2.10. The molecule has 180 valence electrons. The standard InChI is InChI=1S/C27H38N2O4/c1-7-25(27(31)28-16-19(2)3)29(17-21-9-8-10-24(15-21)32-6)26(30)18-33-23-13-11-22(12-14-23)20(4)5/h8-15,19-20,25H,7,16-18H2,1-6H3,(H,28,31)/t25-/m1/s1. The summed E-state index contributed by atoms with van der Waals surface area (Å²) < 4.78 is 11.1. The lowest BCUT2D eigenvalue weighted by Gasteiger charge is -2.31. The SMILES string of the molecule is CC[C@H](C(=O)NCC(C)C)N(Cc1cccc(OC)c1)C(=O)COc1ccc(C(C)C)cc1. The van der Waals surface area contributed by atoms with E-state index < -0.39 is 6.04 Å². The quantitative estimate of drug-likeness (QED) is 0.501. The van der Waals surface area contributed by atoms with E-state index in [4.69, 9.17) is 9.47 Å². The molecular weight excluding hydrogens is 416 g/mol. The van der Waals surface area contributed by atoms with Gasteiger partial charge in [0.25, 0.3) is 5.91 Å². The molecule has 0 heterocycles. The van der Waals surface area contributed by atoms with Crippen LogP contribution in [0.25, 0.3) is 0 Å². The van der Waals surface area contributed by atoms with Gasteiger partial charge in [0.2, 0.25) is 5.91 Å². The van der Waals surface area contributed by atoms with Gasteiger partial charge in [-0.1, -0.05) is 58.9 Å². The number of rotatable bonds is 12. The second-order valence-electron chi connectivity index (χ2n) is 8.95. The Balaban J connectivity index is 2.19. The number of amides is 2. The molecule has 0 fully saturated rings. The average Bonchev–Trinajstić information content (AvgIpc) is 2.81. The van der Waals surface area contributed by atoms with E-state index in [1.54, 1.807) is 12.0 Å². The van der Waals surface area contributed by atoms with Crippen LogP contribution >= 0.6 is 0 Å². The zero-order valence-corrected chi connectivity index (χ0v) is 20.8. The molecule has 6 nitrogen and oxygen atoms in total. The first kappa shape index (κ1) is 26.2. The fourth-order valence-electron chi connectivity index (χ4n) is 3.49. The Morgan fingerprint density at radius 3 is 2.27 bits per heavy atom. The first-order chi connectivity index (χ1) is 15.7. The summed E-state index contributed by atoms with van der Waals surface area (Å²) in [6.07, 6.45) is 0.503. The van der Waals surface area contributed by atoms with Gasteiger partial charge in [-0.2, -0.15) is 0 Å². The number of ether oxygens (including phenoxy) is 2. The molecule has 2 aromatic carbocycles. The summed E-state index contributed by atoms with van der Waals surface area (Å²) >= 11 is 0. The van der Waals surface area contributed by atoms with Crippen LogP contribution in [0.15, 0.2) is 48.5 Å². The Morgan fingerprint density at radius 2 is 1.70 bits per heavy atom. The maximum atomic E-state index is 13.3. The van der Waals surface area contributed by atoms with Crippen molar-refractivity contribution in [1.29, 1.82) is 0 Å². The van der Waals surface area contributed by atoms with E-state index in [0.29, 0.717) is 42.8 Å². The van der Waals surface area contributed by atoms with Crippen LogP contribution in [0.2, 0.25) is 0 Å². The molecule has 1 N–H and O–H groups in total. The molecule has 1 atom stereocenters. The van der Waals surface area contributed by atoms with Crippen molar-refractivity contribution in [1.82, 2.24) is 10.2 Å². The number of carbonyl (C=O) groups is 2. The van der Waals surface area contributed by atoms with Crippen molar-refractivity contribution in [2.75, 3.05) is 20.3 Å². The van der Waals surface area contributed by atoms with Gasteiger partial charge < -0.3 is 19.7 Å². The maximum Gasteiger partial charge on any atom is 0.261 e. The Hall–Kier alpha value is -3.02. The van der Waals surface area contributed by atoms with Crippen LogP contribution in [-0.2, 0) is 16.1 Å². The van der Waals surface area contributed by atoms with Gasteiger partial charge in [0.15, 0.2) is 6.61 Å². The van der Waals surface area contributed by atoms with Gasteiger partial charge in [0, 0.05) is 13.1 Å². The number of carbonyl (C=O) groups excluding carboxylic acids is 2. The van der Waals surface area contributed by atoms with E-state index in [1.807, 2.05) is 69.3 Å². The summed E-state index contributed by atoms with van der Waals surface area (Å²) in [5, 5.41) is 2.97. The van der Waals surface area contributed by atoms with Gasteiger partial charge >= 0.3 is 0 Å². The number of benzene rings is 2. The van der Waals surface area contributed by atoms with Gasteiger partial charge in [-0.05, 0) is 53.6 Å². The Kier molecular flexibility index (Phi) is 10.2. The van der Waals surface area contributed by atoms with Crippen molar-refractivity contribution in [3.8, 4) is 11.5 Å². The highest BCUT2D eigenvalue weighted by Gasteiger charge is 2.29. The monoisotopic (exact) mass is 454 g/mol. The molecule has 2 aromatic rings. The summed E-state index contributed by atoms with van der Waals surface area (Å²) in [5.74, 6) is 1.70. The number of nitrogens with zero attached hydrogens (tertiary/aromatic N) is 1. The number of hydrogen-bond donors (Lipinski definition) is 1. The van der Waals surface area contributed by atoms with Gasteiger partial charge in [-0.3, -0.25) is 9.59 Å². The molecule has 0 radical (unpaired) electrons. The Labute approximate surface area is 198 Å². The summed E-state index contributed by atoms with van der Waals surface area (Å²) in [7, 11) is 1.61. The predicted molar refractivity (Wildman–Crippen MR) is 131 cm³/mol. The summed E-state index contributed by atoms with van der Waals surface area (Å²) in [6.45, 7) is 11.0. The Morgan fingerprint density at radius 1 is 1.00 bits per heavy atom. The highest BCUT2D eigenvalue weighted by atomic mass is 16.5. The molecule has 0 saturated carbocycles. The number of hydrogen-bond acceptors (Lipinski definition) is 4. The minimum Gasteiger partial charge on any atom is -0.497 e. The molecule has 2 amide bonds. The van der Waals surface area contributed by atoms with Crippen LogP contribution in [-0.4, -0.2) is 43.0 Å². The third-order valence-corrected chi connectivity index (χ3v) is 5.47. The van der Waals surface area contributed by atoms with Crippen LogP contribution < -0.4 is 14.8 Å². The number of nitrogens with one attached hydrogen (secondary N) is 1. The van der Waals surface area contributed by atoms with Crippen molar-refractivity contribution >= 4 is 11.8 Å². The highest BCUT2D eigenvalue weighted by Crippen LogP contribution is 2.20. The molecule has 2 rings (SSSR count). The minimum atomic E-state index is -0.589. The topological polar surface area (TPSA) is 67.9 Å². The molecule has 0 aliphatic carbocycles. The molecule has 0 saturated heterocycles. The second kappa shape index (κ2) is 12.9. The molecule has 0 unspecified atom stereocenters. The van der Waals surface area contributed by atoms with E-state index in [-0.39, 0.29) is 18.4 Å². The van der Waals surface area contributed by atoms with E-state index >= 15 is 0 Å². The largest absolute Gasteiger partial charge is 0.497 e. The lowest BCUT2D eigenvalue weighted by molar-refractivity contribution is -0.143. The van der Waals surface area contributed by atoms with E-state index in [1.165, 1.54) is 5.56 Å². The molecule has 0 spiro atoms. The summed E-state index contributed by atoms with van der Waals surface area (Å²) in [6, 6.07) is 14.7. The van der Waals surface area contributed by atoms with Crippen LogP contribution in [0, 0.1) is 5.92 Å². The van der Waals surface area contributed by atoms with Gasteiger partial charge in [-0.15, -0.1) is 0 Å². The van der Waals surface area contributed by atoms with Crippen molar-refractivity contribution in [3.05, 3.63) is 59.7 Å². The molecular formula is C27H38N2O4. The normalized spacial score (nSPS) is 11.9. The van der Waals surface area contributed by atoms with Crippen LogP contribution in [0.4, 0.5) is 0 Å². The first-order valence-corrected chi connectivity index (χ1v) is 11.7. The maximum absolute atomic E-state index is 13.3. The third kappa shape index (κ3) is 8.12. The fraction of sp³-hybridized carbons (Fsp3) is 0.481. The van der Waals surface area contributed by atoms with E-state index in [0.717, 1.165) is 5.56 Å². The van der Waals surface area contributed by atoms with Crippen LogP contribution in [0.3, 0.4) is 0 Å². The van der Waals surface area contributed by atoms with Crippen molar-refractivity contribution in [2.24, 2.45) is 5.92 Å². The van der Waals surface area contributed by atoms with Crippen molar-refractivity contribution in [3.63, 3.8) is 0 Å². The smallest absolute Gasteiger partial charge is 0.261 e. The zero-order valence-electron chi connectivity index (χ0n) is 20.8. The zero-order chi connectivity index (χ0) is 24.4. The minimum absolute atomic E-state index is 0.140. The van der Waals surface area contributed by atoms with Crippen LogP contribution in [0.5, 0.6) is 11.5 Å². The highest BCUT2D eigenvalue weighted by molar-refractivity contribution is 5.88. The Bertz CT molecular complexity index is 893. The van der Waals surface area contributed by atoms with Gasteiger partial charge in [0.05, 0.1) is 7.11 Å². The van der Waals surface area contributed by atoms with Gasteiger partial charge in [-0.25, -0.2) is 0 Å². The second-order valence-corrected chi connectivity index (χ2v) is 8.95. The molecule has 0 aliphatic rings. The fourth-order valence-corrected chi connectivity index (χ4v) is 3.49. The predicted octanol–water partition coefficient (Wildman–Crippen LogP) is 4.78. The van der Waals surface area contributed by atoms with E-state index in [2.05, 4.69) is 19.2 Å². The summed E-state index contributed by atoms with van der Waals surface area (Å²) in [4.78, 5) is 27.8. The first-order valence-electron chi connectivity index (χ1n) is 11.7. The average molecular weight is 455 g/mol. The van der Waals surface area contributed by atoms with Gasteiger partial charge in [0.1, 0.15) is 17.5 Å². The van der Waals surface area contributed by atoms with Crippen LogP contribution in [0.1, 0.15) is 58.1 Å². The van der Waals surface area contributed by atoms with Crippen molar-refractivity contribution in [2.45, 2.75) is 59.5 Å². The molecule has 33 heavy (non-hydrogen) atoms. The lowest BCUT2D eigenvalue weighted by atomic mass is 10.0. The molecule has 6 heteroatoms. The molecule has 0 bridgehead atoms. The molecule has 0 aliphatic heterocycles.